The molecule has 8 heteroatoms. The first-order valence-electron chi connectivity index (χ1n) is 9.56. The Labute approximate surface area is 178 Å². The molecule has 3 aromatic rings. The Morgan fingerprint density at radius 3 is 2.50 bits per heavy atom. The van der Waals surface area contributed by atoms with Crippen molar-refractivity contribution in [3.8, 4) is 0 Å². The molecule has 0 saturated heterocycles. The topological polar surface area (TPSA) is 111 Å². The molecule has 30 heavy (non-hydrogen) atoms. The lowest BCUT2D eigenvalue weighted by Gasteiger charge is -2.15. The number of rotatable bonds is 9. The number of nitrogens with one attached hydrogen (secondary N) is 2. The first-order chi connectivity index (χ1) is 14.5. The van der Waals surface area contributed by atoms with Gasteiger partial charge in [-0.05, 0) is 35.9 Å². The van der Waals surface area contributed by atoms with Crippen molar-refractivity contribution in [1.29, 1.82) is 0 Å². The fourth-order valence-corrected chi connectivity index (χ4v) is 3.85. The molecule has 0 saturated carbocycles. The molecule has 1 heterocycles. The largest absolute Gasteiger partial charge is 0.445 e. The third-order valence-corrected chi connectivity index (χ3v) is 5.56. The minimum Gasteiger partial charge on any atom is -0.445 e. The fourth-order valence-electron chi connectivity index (χ4n) is 2.88. The van der Waals surface area contributed by atoms with E-state index in [4.69, 9.17) is 10.5 Å². The Balaban J connectivity index is 1.42. The summed E-state index contributed by atoms with van der Waals surface area (Å²) in [5.41, 5.74) is 6.32. The van der Waals surface area contributed by atoms with Crippen molar-refractivity contribution < 1.29 is 19.1 Å². The maximum Gasteiger partial charge on any atom is 0.407 e. The molecule has 1 atom stereocenters. The zero-order valence-electron chi connectivity index (χ0n) is 16.3. The van der Waals surface area contributed by atoms with Crippen LogP contribution in [0.25, 0.3) is 10.1 Å². The number of carbonyl (C=O) groups is 3. The second kappa shape index (κ2) is 10.4. The highest BCUT2D eigenvalue weighted by atomic mass is 32.1. The van der Waals surface area contributed by atoms with E-state index in [0.29, 0.717) is 24.3 Å². The highest BCUT2D eigenvalue weighted by Gasteiger charge is 2.20. The molecule has 0 bridgehead atoms. The number of benzene rings is 2. The van der Waals surface area contributed by atoms with Crippen LogP contribution in [0.4, 0.5) is 4.79 Å². The van der Waals surface area contributed by atoms with Crippen LogP contribution in [0, 0.1) is 0 Å². The molecule has 7 nitrogen and oxygen atoms in total. The number of fused-ring (bicyclic) bond motifs is 1. The number of thiophene rings is 1. The van der Waals surface area contributed by atoms with Gasteiger partial charge in [-0.1, -0.05) is 48.5 Å². The number of primary amides is 1. The average Bonchev–Trinajstić information content (AvgIpc) is 3.19. The summed E-state index contributed by atoms with van der Waals surface area (Å²) in [7, 11) is 0. The summed E-state index contributed by atoms with van der Waals surface area (Å²) in [6, 6.07) is 18.0. The highest BCUT2D eigenvalue weighted by Crippen LogP contribution is 2.25. The van der Waals surface area contributed by atoms with Gasteiger partial charge >= 0.3 is 6.09 Å². The van der Waals surface area contributed by atoms with Gasteiger partial charge in [-0.15, -0.1) is 11.3 Å². The SMILES string of the molecule is NC(=O)[C@H](CCCNC(=O)OCc1ccccc1)NC(=O)c1cc2ccccc2s1. The van der Waals surface area contributed by atoms with Gasteiger partial charge in [0.2, 0.25) is 5.91 Å². The van der Waals surface area contributed by atoms with Crippen LogP contribution in [0.15, 0.2) is 60.7 Å². The molecule has 0 unspecified atom stereocenters. The van der Waals surface area contributed by atoms with Crippen molar-refractivity contribution >= 4 is 39.3 Å². The molecule has 0 aliphatic carbocycles. The molecule has 0 fully saturated rings. The first-order valence-corrected chi connectivity index (χ1v) is 10.4. The summed E-state index contributed by atoms with van der Waals surface area (Å²) >= 11 is 1.36. The number of hydrogen-bond donors (Lipinski definition) is 3. The summed E-state index contributed by atoms with van der Waals surface area (Å²) in [6.45, 7) is 0.484. The van der Waals surface area contributed by atoms with Crippen LogP contribution >= 0.6 is 11.3 Å². The Morgan fingerprint density at radius 2 is 1.77 bits per heavy atom. The third-order valence-electron chi connectivity index (χ3n) is 4.45. The van der Waals surface area contributed by atoms with E-state index in [0.717, 1.165) is 15.6 Å². The maximum atomic E-state index is 12.5. The molecule has 2 aromatic carbocycles. The number of ether oxygens (including phenoxy) is 1. The van der Waals surface area contributed by atoms with Crippen molar-refractivity contribution in [3.63, 3.8) is 0 Å². The van der Waals surface area contributed by atoms with Crippen molar-refractivity contribution in [2.24, 2.45) is 5.73 Å². The second-order valence-electron chi connectivity index (χ2n) is 6.71. The Hall–Kier alpha value is -3.39. The molecule has 1 aromatic heterocycles. The number of amides is 3. The number of alkyl carbamates (subject to hydrolysis) is 1. The molecule has 0 aliphatic rings. The monoisotopic (exact) mass is 425 g/mol. The maximum absolute atomic E-state index is 12.5. The smallest absolute Gasteiger partial charge is 0.407 e. The molecule has 0 radical (unpaired) electrons. The summed E-state index contributed by atoms with van der Waals surface area (Å²) < 4.78 is 6.12. The minimum atomic E-state index is -0.815. The van der Waals surface area contributed by atoms with Crippen LogP contribution < -0.4 is 16.4 Å². The lowest BCUT2D eigenvalue weighted by molar-refractivity contribution is -0.120. The van der Waals surface area contributed by atoms with Crippen molar-refractivity contribution in [1.82, 2.24) is 10.6 Å². The molecule has 4 N–H and O–H groups in total. The number of nitrogens with two attached hydrogens (primary N) is 1. The van der Waals surface area contributed by atoms with Gasteiger partial charge in [-0.2, -0.15) is 0 Å². The second-order valence-corrected chi connectivity index (χ2v) is 7.79. The summed E-state index contributed by atoms with van der Waals surface area (Å²) in [5.74, 6) is -0.952. The molecular formula is C22H23N3O4S. The third kappa shape index (κ3) is 6.05. The van der Waals surface area contributed by atoms with E-state index < -0.39 is 18.0 Å². The van der Waals surface area contributed by atoms with Crippen LogP contribution in [0.3, 0.4) is 0 Å². The van der Waals surface area contributed by atoms with Crippen LogP contribution in [0.2, 0.25) is 0 Å². The lowest BCUT2D eigenvalue weighted by atomic mass is 10.1. The predicted octanol–water partition coefficient (Wildman–Crippen LogP) is 3.19. The van der Waals surface area contributed by atoms with Crippen LogP contribution in [-0.2, 0) is 16.1 Å². The van der Waals surface area contributed by atoms with E-state index in [-0.39, 0.29) is 12.5 Å². The van der Waals surface area contributed by atoms with Crippen molar-refractivity contribution in [2.75, 3.05) is 6.54 Å². The Morgan fingerprint density at radius 1 is 1.03 bits per heavy atom. The standard InChI is InChI=1S/C22H23N3O4S/c23-20(26)17(25-21(27)19-13-16-9-4-5-11-18(16)30-19)10-6-12-24-22(28)29-14-15-7-2-1-3-8-15/h1-5,7-9,11,13,17H,6,10,12,14H2,(H2,23,26)(H,24,28)(H,25,27)/t17-/m0/s1. The van der Waals surface area contributed by atoms with E-state index in [1.807, 2.05) is 54.6 Å². The van der Waals surface area contributed by atoms with Gasteiger partial charge in [-0.25, -0.2) is 4.79 Å². The normalized spacial score (nSPS) is 11.6. The van der Waals surface area contributed by atoms with Crippen LogP contribution in [0.5, 0.6) is 0 Å². The van der Waals surface area contributed by atoms with Gasteiger partial charge in [0.1, 0.15) is 12.6 Å². The van der Waals surface area contributed by atoms with Gasteiger partial charge in [0.25, 0.3) is 5.91 Å². The molecule has 3 rings (SSSR count). The van der Waals surface area contributed by atoms with Crippen molar-refractivity contribution in [3.05, 3.63) is 71.1 Å². The van der Waals surface area contributed by atoms with Gasteiger partial charge in [-0.3, -0.25) is 9.59 Å². The predicted molar refractivity (Wildman–Crippen MR) is 116 cm³/mol. The number of hydrogen-bond acceptors (Lipinski definition) is 5. The summed E-state index contributed by atoms with van der Waals surface area (Å²) in [5, 5.41) is 6.28. The van der Waals surface area contributed by atoms with Gasteiger partial charge in [0, 0.05) is 11.2 Å². The van der Waals surface area contributed by atoms with Gasteiger partial charge in [0.05, 0.1) is 4.88 Å². The molecule has 0 spiro atoms. The Kier molecular flexibility index (Phi) is 7.40. The highest BCUT2D eigenvalue weighted by molar-refractivity contribution is 7.20. The van der Waals surface area contributed by atoms with Crippen LogP contribution in [0.1, 0.15) is 28.1 Å². The summed E-state index contributed by atoms with van der Waals surface area (Å²) in [4.78, 5) is 36.5. The molecular weight excluding hydrogens is 402 g/mol. The molecule has 0 aliphatic heterocycles. The van der Waals surface area contributed by atoms with E-state index >= 15 is 0 Å². The van der Waals surface area contributed by atoms with Crippen LogP contribution in [-0.4, -0.2) is 30.5 Å². The van der Waals surface area contributed by atoms with E-state index in [2.05, 4.69) is 10.6 Å². The van der Waals surface area contributed by atoms with E-state index in [9.17, 15) is 14.4 Å². The van der Waals surface area contributed by atoms with Gasteiger partial charge < -0.3 is 21.1 Å². The zero-order chi connectivity index (χ0) is 21.3. The minimum absolute atomic E-state index is 0.182. The fraction of sp³-hybridized carbons (Fsp3) is 0.227. The zero-order valence-corrected chi connectivity index (χ0v) is 17.1. The van der Waals surface area contributed by atoms with Gasteiger partial charge in [0.15, 0.2) is 0 Å². The lowest BCUT2D eigenvalue weighted by Crippen LogP contribution is -2.44. The molecule has 156 valence electrons. The molecule has 3 amide bonds. The first kappa shape index (κ1) is 21.3. The Bertz CT molecular complexity index is 986. The summed E-state index contributed by atoms with van der Waals surface area (Å²) in [6.07, 6.45) is 0.231. The van der Waals surface area contributed by atoms with Crippen molar-refractivity contribution in [2.45, 2.75) is 25.5 Å². The number of carbonyl (C=O) groups excluding carboxylic acids is 3. The quantitative estimate of drug-likeness (QED) is 0.457. The van der Waals surface area contributed by atoms with E-state index in [1.54, 1.807) is 6.07 Å². The average molecular weight is 426 g/mol. The van der Waals surface area contributed by atoms with E-state index in [1.165, 1.54) is 11.3 Å².